The lowest BCUT2D eigenvalue weighted by Gasteiger charge is -2.17. The minimum Gasteiger partial charge on any atom is -0.453 e. The van der Waals surface area contributed by atoms with Gasteiger partial charge < -0.3 is 14.2 Å². The minimum absolute atomic E-state index is 0.0862. The number of hydrogen-bond donors (Lipinski definition) is 0. The number of aryl methyl sites for hydroxylation is 2. The van der Waals surface area contributed by atoms with E-state index in [0.29, 0.717) is 22.5 Å². The Morgan fingerprint density at radius 2 is 1.00 bits per heavy atom. The van der Waals surface area contributed by atoms with E-state index in [0.717, 1.165) is 22.5 Å². The number of benzene rings is 4. The Morgan fingerprint density at radius 1 is 0.581 bits per heavy atom. The third-order valence-electron chi connectivity index (χ3n) is 7.49. The number of rotatable bonds is 8. The maximum atomic E-state index is 13.3. The Balaban J connectivity index is 1.03. The van der Waals surface area contributed by atoms with Crippen LogP contribution >= 0.6 is 0 Å². The number of carbonyl (C=O) groups is 2. The van der Waals surface area contributed by atoms with E-state index >= 15 is 0 Å². The molecule has 4 atom stereocenters. The molecule has 0 saturated carbocycles. The highest BCUT2D eigenvalue weighted by Gasteiger charge is 2.51. The van der Waals surface area contributed by atoms with Crippen LogP contribution in [0.4, 0.5) is 22.7 Å². The topological polar surface area (TPSA) is 111 Å². The molecule has 216 valence electrons. The van der Waals surface area contributed by atoms with E-state index in [1.54, 1.807) is 48.5 Å². The van der Waals surface area contributed by atoms with Gasteiger partial charge in [0.05, 0.1) is 53.5 Å². The summed E-state index contributed by atoms with van der Waals surface area (Å²) < 4.78 is 17.6. The number of nitrogens with zero attached hydrogens (tertiary/aromatic N) is 4. The lowest BCUT2D eigenvalue weighted by Crippen LogP contribution is -2.34. The van der Waals surface area contributed by atoms with Crippen LogP contribution in [0.25, 0.3) is 0 Å². The summed E-state index contributed by atoms with van der Waals surface area (Å²) in [5, 5.41) is 16.9. The number of esters is 1. The lowest BCUT2D eigenvalue weighted by molar-refractivity contribution is -0.0158. The van der Waals surface area contributed by atoms with E-state index in [9.17, 15) is 9.59 Å². The molecule has 0 N–H and O–H groups in total. The van der Waals surface area contributed by atoms with Gasteiger partial charge >= 0.3 is 5.97 Å². The van der Waals surface area contributed by atoms with Crippen molar-refractivity contribution in [3.05, 3.63) is 119 Å². The predicted octanol–water partition coefficient (Wildman–Crippen LogP) is 7.96. The molecule has 2 aliphatic rings. The van der Waals surface area contributed by atoms with Gasteiger partial charge in [-0.3, -0.25) is 4.79 Å². The van der Waals surface area contributed by atoms with Crippen molar-refractivity contribution in [2.75, 3.05) is 13.2 Å². The number of hydrogen-bond acceptors (Lipinski definition) is 9. The molecule has 0 aromatic heterocycles. The highest BCUT2D eigenvalue weighted by molar-refractivity contribution is 5.99. The maximum absolute atomic E-state index is 13.3. The van der Waals surface area contributed by atoms with Crippen LogP contribution in [0.5, 0.6) is 0 Å². The molecule has 0 amide bonds. The molecule has 43 heavy (non-hydrogen) atoms. The largest absolute Gasteiger partial charge is 0.453 e. The molecule has 2 saturated heterocycles. The summed E-state index contributed by atoms with van der Waals surface area (Å²) in [6.45, 7) is 4.38. The van der Waals surface area contributed by atoms with Crippen molar-refractivity contribution >= 4 is 34.5 Å². The molecule has 3 unspecified atom stereocenters. The van der Waals surface area contributed by atoms with Gasteiger partial charge in [0.2, 0.25) is 0 Å². The zero-order valence-corrected chi connectivity index (χ0v) is 23.8. The molecule has 9 nitrogen and oxygen atoms in total. The van der Waals surface area contributed by atoms with Gasteiger partial charge in [0, 0.05) is 5.56 Å². The predicted molar refractivity (Wildman–Crippen MR) is 160 cm³/mol. The van der Waals surface area contributed by atoms with E-state index in [1.165, 1.54) is 0 Å². The van der Waals surface area contributed by atoms with Crippen molar-refractivity contribution < 1.29 is 23.8 Å². The van der Waals surface area contributed by atoms with Gasteiger partial charge in [0.15, 0.2) is 11.9 Å². The average Bonchev–Trinajstić information content (AvgIpc) is 3.64. The van der Waals surface area contributed by atoms with E-state index in [4.69, 9.17) is 14.2 Å². The summed E-state index contributed by atoms with van der Waals surface area (Å²) in [6.07, 6.45) is -1.61. The molecule has 0 aliphatic carbocycles. The molecule has 6 rings (SSSR count). The van der Waals surface area contributed by atoms with Gasteiger partial charge in [0.1, 0.15) is 6.10 Å². The fourth-order valence-electron chi connectivity index (χ4n) is 5.02. The molecular formula is C34H30N4O5. The van der Waals surface area contributed by atoms with E-state index in [1.807, 2.05) is 62.4 Å². The second-order valence-electron chi connectivity index (χ2n) is 10.7. The van der Waals surface area contributed by atoms with Crippen LogP contribution in [0.2, 0.25) is 0 Å². The highest BCUT2D eigenvalue weighted by Crippen LogP contribution is 2.35. The summed E-state index contributed by atoms with van der Waals surface area (Å²) in [7, 11) is 0. The van der Waals surface area contributed by atoms with Crippen molar-refractivity contribution in [1.29, 1.82) is 0 Å². The first kappa shape index (κ1) is 28.3. The van der Waals surface area contributed by atoms with Crippen molar-refractivity contribution in [1.82, 2.24) is 0 Å². The van der Waals surface area contributed by atoms with Gasteiger partial charge in [0.25, 0.3) is 0 Å². The Bertz CT molecular complexity index is 1650. The quantitative estimate of drug-likeness (QED) is 0.120. The van der Waals surface area contributed by atoms with Crippen molar-refractivity contribution in [2.45, 2.75) is 32.2 Å². The zero-order valence-electron chi connectivity index (χ0n) is 23.8. The standard InChI is InChI=1S/C34H30N4O5/c1-21-3-11-25(12-4-21)35-37-27-15-7-23(8-16-27)31(39)29-19-41-33-30(20-42-32(29)33)43-34(40)24-9-17-28(18-10-24)38-36-26-13-5-22(2)6-14-26/h3-18,29-30,32-33H,19-20H2,1-2H3/t29-,30?,32?,33?/m1/s1. The fraction of sp³-hybridized carbons (Fsp3) is 0.235. The average molecular weight is 575 g/mol. The van der Waals surface area contributed by atoms with Gasteiger partial charge in [-0.1, -0.05) is 35.4 Å². The first-order chi connectivity index (χ1) is 20.9. The monoisotopic (exact) mass is 574 g/mol. The Labute approximate surface area is 249 Å². The van der Waals surface area contributed by atoms with Gasteiger partial charge in [-0.15, -0.1) is 0 Å². The molecule has 9 heteroatoms. The summed E-state index contributed by atoms with van der Waals surface area (Å²) in [6, 6.07) is 29.1. The number of fused-ring (bicyclic) bond motifs is 1. The van der Waals surface area contributed by atoms with E-state index < -0.39 is 30.2 Å². The molecule has 4 aromatic rings. The highest BCUT2D eigenvalue weighted by atomic mass is 16.6. The lowest BCUT2D eigenvalue weighted by atomic mass is 9.92. The number of ether oxygens (including phenoxy) is 3. The summed E-state index contributed by atoms with van der Waals surface area (Å²) in [5.74, 6) is -1.08. The molecule has 0 spiro atoms. The van der Waals surface area contributed by atoms with Crippen LogP contribution in [0, 0.1) is 19.8 Å². The molecule has 2 aliphatic heterocycles. The van der Waals surface area contributed by atoms with E-state index in [-0.39, 0.29) is 19.0 Å². The minimum atomic E-state index is -0.610. The van der Waals surface area contributed by atoms with Crippen LogP contribution in [0.3, 0.4) is 0 Å². The molecule has 0 radical (unpaired) electrons. The van der Waals surface area contributed by atoms with Gasteiger partial charge in [-0.2, -0.15) is 20.5 Å². The smallest absolute Gasteiger partial charge is 0.338 e. The Morgan fingerprint density at radius 3 is 1.49 bits per heavy atom. The van der Waals surface area contributed by atoms with Crippen LogP contribution in [-0.4, -0.2) is 43.3 Å². The maximum Gasteiger partial charge on any atom is 0.338 e. The summed E-state index contributed by atoms with van der Waals surface area (Å²) >= 11 is 0. The summed E-state index contributed by atoms with van der Waals surface area (Å²) in [5.41, 5.74) is 5.97. The summed E-state index contributed by atoms with van der Waals surface area (Å²) in [4.78, 5) is 26.2. The fourth-order valence-corrected chi connectivity index (χ4v) is 5.02. The van der Waals surface area contributed by atoms with Crippen molar-refractivity contribution in [3.63, 3.8) is 0 Å². The first-order valence-corrected chi connectivity index (χ1v) is 14.1. The Kier molecular flexibility index (Phi) is 8.26. The van der Waals surface area contributed by atoms with E-state index in [2.05, 4.69) is 20.5 Å². The van der Waals surface area contributed by atoms with Crippen LogP contribution in [0.1, 0.15) is 31.8 Å². The number of azo groups is 2. The van der Waals surface area contributed by atoms with Crippen LogP contribution in [-0.2, 0) is 14.2 Å². The second kappa shape index (κ2) is 12.6. The van der Waals surface area contributed by atoms with Gasteiger partial charge in [-0.25, -0.2) is 4.79 Å². The zero-order chi connectivity index (χ0) is 29.8. The van der Waals surface area contributed by atoms with Crippen LogP contribution < -0.4 is 0 Å². The first-order valence-electron chi connectivity index (χ1n) is 14.1. The molecule has 0 bridgehead atoms. The van der Waals surface area contributed by atoms with Crippen molar-refractivity contribution in [2.24, 2.45) is 26.4 Å². The third kappa shape index (κ3) is 6.63. The van der Waals surface area contributed by atoms with Gasteiger partial charge in [-0.05, 0) is 86.6 Å². The molecular weight excluding hydrogens is 544 g/mol. The normalized spacial score (nSPS) is 21.3. The number of ketones is 1. The molecule has 4 aromatic carbocycles. The Hall–Kier alpha value is -4.86. The van der Waals surface area contributed by atoms with Crippen molar-refractivity contribution in [3.8, 4) is 0 Å². The molecule has 2 heterocycles. The molecule has 2 fully saturated rings. The number of carbonyl (C=O) groups excluding carboxylic acids is 2. The van der Waals surface area contributed by atoms with Crippen LogP contribution in [0.15, 0.2) is 118 Å². The number of Topliss-reactive ketones (excluding diaryl/α,β-unsaturated/α-hetero) is 1. The SMILES string of the molecule is Cc1ccc(N=Nc2ccc(C(=O)OC3COC4C3OC[C@@H]4C(=O)c3ccc(N=Nc4ccc(C)cc4)cc3)cc2)cc1. The second-order valence-corrected chi connectivity index (χ2v) is 10.7. The third-order valence-corrected chi connectivity index (χ3v) is 7.49.